The van der Waals surface area contributed by atoms with E-state index in [0.29, 0.717) is 12.5 Å². The van der Waals surface area contributed by atoms with E-state index < -0.39 is 0 Å². The highest BCUT2D eigenvalue weighted by Crippen LogP contribution is 2.18. The largest absolute Gasteiger partial charge is 0.396 e. The van der Waals surface area contributed by atoms with Crippen LogP contribution in [-0.4, -0.2) is 11.7 Å². The summed E-state index contributed by atoms with van der Waals surface area (Å²) in [6.07, 6.45) is 14.6. The molecule has 0 aliphatic rings. The minimum Gasteiger partial charge on any atom is -0.396 e. The summed E-state index contributed by atoms with van der Waals surface area (Å²) in [6.45, 7) is 11.6. The fourth-order valence-electron chi connectivity index (χ4n) is 2.61. The van der Waals surface area contributed by atoms with Crippen LogP contribution in [0.4, 0.5) is 0 Å². The Labute approximate surface area is 133 Å². The summed E-state index contributed by atoms with van der Waals surface area (Å²) < 4.78 is 0. The van der Waals surface area contributed by atoms with Crippen LogP contribution < -0.4 is 0 Å². The van der Waals surface area contributed by atoms with Crippen molar-refractivity contribution in [1.82, 2.24) is 0 Å². The molecule has 124 valence electrons. The molecule has 0 heterocycles. The Bertz CT molecular complexity index is 297. The van der Waals surface area contributed by atoms with Gasteiger partial charge in [0, 0.05) is 6.61 Å². The normalized spacial score (nSPS) is 14.9. The topological polar surface area (TPSA) is 20.2 Å². The van der Waals surface area contributed by atoms with Crippen molar-refractivity contribution in [3.63, 3.8) is 0 Å². The van der Waals surface area contributed by atoms with Gasteiger partial charge >= 0.3 is 0 Å². The van der Waals surface area contributed by atoms with Gasteiger partial charge in [0.15, 0.2) is 0 Å². The molecule has 0 radical (unpaired) electrons. The van der Waals surface area contributed by atoms with E-state index in [0.717, 1.165) is 12.3 Å². The monoisotopic (exact) mass is 294 g/mol. The first-order chi connectivity index (χ1) is 9.95. The van der Waals surface area contributed by atoms with Crippen LogP contribution in [-0.2, 0) is 0 Å². The van der Waals surface area contributed by atoms with Gasteiger partial charge in [-0.05, 0) is 77.6 Å². The minimum atomic E-state index is 0.328. The van der Waals surface area contributed by atoms with Crippen LogP contribution in [0.3, 0.4) is 0 Å². The molecule has 1 N–H and O–H groups in total. The first-order valence-corrected chi connectivity index (χ1v) is 8.85. The molecule has 0 rings (SSSR count). The molecule has 0 bridgehead atoms. The Kier molecular flexibility index (Phi) is 12.8. The molecule has 2 unspecified atom stereocenters. The second-order valence-corrected chi connectivity index (χ2v) is 7.10. The Morgan fingerprint density at radius 2 is 1.43 bits per heavy atom. The van der Waals surface area contributed by atoms with E-state index in [4.69, 9.17) is 5.11 Å². The predicted molar refractivity (Wildman–Crippen MR) is 95.5 cm³/mol. The fourth-order valence-corrected chi connectivity index (χ4v) is 2.61. The van der Waals surface area contributed by atoms with E-state index in [2.05, 4.69) is 46.8 Å². The molecular formula is C20H38O. The Morgan fingerprint density at radius 3 is 2.00 bits per heavy atom. The molecule has 0 aromatic rings. The van der Waals surface area contributed by atoms with Crippen molar-refractivity contribution in [3.8, 4) is 0 Å². The van der Waals surface area contributed by atoms with Gasteiger partial charge in [-0.2, -0.15) is 0 Å². The van der Waals surface area contributed by atoms with E-state index in [1.54, 1.807) is 5.57 Å². The van der Waals surface area contributed by atoms with Crippen molar-refractivity contribution in [1.29, 1.82) is 0 Å². The van der Waals surface area contributed by atoms with Gasteiger partial charge in [-0.25, -0.2) is 0 Å². The number of allylic oxidation sites excluding steroid dienone is 4. The molecule has 21 heavy (non-hydrogen) atoms. The lowest BCUT2D eigenvalue weighted by Crippen LogP contribution is -1.97. The third kappa shape index (κ3) is 14.2. The van der Waals surface area contributed by atoms with E-state index in [1.807, 2.05) is 0 Å². The maximum Gasteiger partial charge on any atom is 0.0433 e. The Balaban J connectivity index is 3.68. The zero-order chi connectivity index (χ0) is 16.1. The van der Waals surface area contributed by atoms with E-state index in [-0.39, 0.29) is 0 Å². The number of aliphatic hydroxyl groups excluding tert-OH is 1. The van der Waals surface area contributed by atoms with Gasteiger partial charge in [0.2, 0.25) is 0 Å². The van der Waals surface area contributed by atoms with Gasteiger partial charge in [0.05, 0.1) is 0 Å². The summed E-state index contributed by atoms with van der Waals surface area (Å²) in [7, 11) is 0. The van der Waals surface area contributed by atoms with Crippen molar-refractivity contribution < 1.29 is 5.11 Å². The van der Waals surface area contributed by atoms with Gasteiger partial charge in [0.1, 0.15) is 0 Å². The first-order valence-electron chi connectivity index (χ1n) is 8.85. The molecule has 0 fully saturated rings. The second-order valence-electron chi connectivity index (χ2n) is 7.10. The van der Waals surface area contributed by atoms with Crippen molar-refractivity contribution in [2.75, 3.05) is 6.61 Å². The van der Waals surface area contributed by atoms with Crippen LogP contribution in [0, 0.1) is 11.8 Å². The molecule has 0 aliphatic heterocycles. The smallest absolute Gasteiger partial charge is 0.0433 e. The van der Waals surface area contributed by atoms with Crippen molar-refractivity contribution in [2.45, 2.75) is 86.0 Å². The minimum absolute atomic E-state index is 0.328. The zero-order valence-electron chi connectivity index (χ0n) is 15.1. The highest BCUT2D eigenvalue weighted by atomic mass is 16.3. The molecule has 0 aliphatic carbocycles. The number of aliphatic hydroxyl groups is 1. The lowest BCUT2D eigenvalue weighted by Gasteiger charge is -2.10. The molecule has 0 aromatic heterocycles. The van der Waals surface area contributed by atoms with Gasteiger partial charge < -0.3 is 5.11 Å². The summed E-state index contributed by atoms with van der Waals surface area (Å²) in [5.41, 5.74) is 2.99. The first kappa shape index (κ1) is 20.4. The standard InChI is InChI=1S/C20H38O/c1-17(2)9-6-10-18(3)11-7-12-19(4)13-8-14-20(5)15-16-21/h9,13,18,20-21H,6-8,10-12,14-16H2,1-5H3/b19-13-. The fraction of sp³-hybridized carbons (Fsp3) is 0.800. The van der Waals surface area contributed by atoms with E-state index in [1.165, 1.54) is 50.5 Å². The van der Waals surface area contributed by atoms with Crippen molar-refractivity contribution in [3.05, 3.63) is 23.3 Å². The lowest BCUT2D eigenvalue weighted by molar-refractivity contribution is 0.259. The molecule has 0 spiro atoms. The number of hydrogen-bond acceptors (Lipinski definition) is 1. The van der Waals surface area contributed by atoms with Gasteiger partial charge in [-0.3, -0.25) is 0 Å². The Hall–Kier alpha value is -0.560. The molecule has 0 saturated carbocycles. The highest BCUT2D eigenvalue weighted by Gasteiger charge is 2.02. The van der Waals surface area contributed by atoms with Crippen molar-refractivity contribution >= 4 is 0 Å². The molecule has 0 saturated heterocycles. The van der Waals surface area contributed by atoms with E-state index >= 15 is 0 Å². The molecule has 1 heteroatoms. The molecule has 1 nitrogen and oxygen atoms in total. The summed E-state index contributed by atoms with van der Waals surface area (Å²) in [5.74, 6) is 1.49. The summed E-state index contributed by atoms with van der Waals surface area (Å²) in [4.78, 5) is 0. The average Bonchev–Trinajstić information content (AvgIpc) is 2.38. The highest BCUT2D eigenvalue weighted by molar-refractivity contribution is 4.98. The number of rotatable bonds is 12. The molecule has 0 amide bonds. The quantitative estimate of drug-likeness (QED) is 0.420. The predicted octanol–water partition coefficient (Wildman–Crippen LogP) is 6.28. The Morgan fingerprint density at radius 1 is 0.857 bits per heavy atom. The molecule has 0 aromatic carbocycles. The summed E-state index contributed by atoms with van der Waals surface area (Å²) in [6, 6.07) is 0. The lowest BCUT2D eigenvalue weighted by atomic mass is 9.96. The van der Waals surface area contributed by atoms with Crippen LogP contribution in [0.25, 0.3) is 0 Å². The molecule has 2 atom stereocenters. The maximum atomic E-state index is 8.89. The SMILES string of the molecule is CC(C)=CCCC(C)CCC/C(C)=C\CCC(C)CCO. The third-order valence-electron chi connectivity index (χ3n) is 4.25. The average molecular weight is 295 g/mol. The maximum absolute atomic E-state index is 8.89. The van der Waals surface area contributed by atoms with Gasteiger partial charge in [-0.1, -0.05) is 43.6 Å². The zero-order valence-corrected chi connectivity index (χ0v) is 15.1. The van der Waals surface area contributed by atoms with Crippen LogP contribution >= 0.6 is 0 Å². The van der Waals surface area contributed by atoms with Crippen LogP contribution in [0.15, 0.2) is 23.3 Å². The van der Waals surface area contributed by atoms with Crippen LogP contribution in [0.2, 0.25) is 0 Å². The van der Waals surface area contributed by atoms with Crippen molar-refractivity contribution in [2.24, 2.45) is 11.8 Å². The number of hydrogen-bond donors (Lipinski definition) is 1. The van der Waals surface area contributed by atoms with Gasteiger partial charge in [0.25, 0.3) is 0 Å². The summed E-state index contributed by atoms with van der Waals surface area (Å²) in [5, 5.41) is 8.89. The molecular weight excluding hydrogens is 256 g/mol. The third-order valence-corrected chi connectivity index (χ3v) is 4.25. The van der Waals surface area contributed by atoms with Crippen LogP contribution in [0.5, 0.6) is 0 Å². The van der Waals surface area contributed by atoms with Gasteiger partial charge in [-0.15, -0.1) is 0 Å². The second kappa shape index (κ2) is 13.1. The van der Waals surface area contributed by atoms with Crippen LogP contribution in [0.1, 0.15) is 86.0 Å². The summed E-state index contributed by atoms with van der Waals surface area (Å²) >= 11 is 0. The van der Waals surface area contributed by atoms with E-state index in [9.17, 15) is 0 Å².